The smallest absolute Gasteiger partial charge is 0.200 e. The maximum atomic E-state index is 5.73. The predicted molar refractivity (Wildman–Crippen MR) is 63.4 cm³/mol. The number of hydrogen-bond acceptors (Lipinski definition) is 3. The third-order valence-electron chi connectivity index (χ3n) is 2.10. The molecule has 2 N–H and O–H groups in total. The van der Waals surface area contributed by atoms with Crippen LogP contribution in [0, 0.1) is 6.92 Å². The number of anilines is 1. The number of nitrogen functional groups attached to an aromatic ring is 1. The quantitative estimate of drug-likeness (QED) is 0.867. The van der Waals surface area contributed by atoms with E-state index in [0.29, 0.717) is 5.95 Å². The van der Waals surface area contributed by atoms with Gasteiger partial charge in [0.05, 0.1) is 16.3 Å². The number of rotatable bonds is 1. The third kappa shape index (κ3) is 1.46. The Hall–Kier alpha value is -0.810. The van der Waals surface area contributed by atoms with Crippen LogP contribution >= 0.6 is 27.3 Å². The largest absolute Gasteiger partial charge is 0.369 e. The fourth-order valence-electron chi connectivity index (χ4n) is 1.44. The zero-order chi connectivity index (χ0) is 10.3. The Morgan fingerprint density at radius 2 is 2.29 bits per heavy atom. The summed E-state index contributed by atoms with van der Waals surface area (Å²) in [5, 5.41) is 2.05. The first-order chi connectivity index (χ1) is 6.59. The molecule has 0 saturated heterocycles. The average molecular weight is 272 g/mol. The number of nitrogens with zero attached hydrogens (tertiary/aromatic N) is 2. The zero-order valence-corrected chi connectivity index (χ0v) is 10.3. The van der Waals surface area contributed by atoms with E-state index >= 15 is 0 Å². The van der Waals surface area contributed by atoms with Crippen LogP contribution < -0.4 is 5.73 Å². The molecular formula is C9H10BrN3S. The first-order valence-corrected chi connectivity index (χ1v) is 5.80. The molecule has 0 fully saturated rings. The lowest BCUT2D eigenvalue weighted by Crippen LogP contribution is -1.97. The molecule has 2 aromatic rings. The molecule has 0 aromatic carbocycles. The lowest BCUT2D eigenvalue weighted by molar-refractivity contribution is 0.940. The van der Waals surface area contributed by atoms with E-state index in [0.717, 1.165) is 15.9 Å². The molecule has 0 spiro atoms. The van der Waals surface area contributed by atoms with Gasteiger partial charge in [0.15, 0.2) is 0 Å². The minimum atomic E-state index is 0.557. The number of thiophene rings is 1. The number of nitrogens with two attached hydrogens (primary N) is 1. The number of halogens is 1. The fraction of sp³-hybridized carbons (Fsp3) is 0.222. The Bertz CT molecular complexity index is 472. The van der Waals surface area contributed by atoms with Crippen molar-refractivity contribution in [3.63, 3.8) is 0 Å². The molecule has 0 amide bonds. The monoisotopic (exact) mass is 271 g/mol. The fourth-order valence-corrected chi connectivity index (χ4v) is 3.00. The molecule has 0 aliphatic rings. The molecule has 2 heterocycles. The molecule has 74 valence electrons. The van der Waals surface area contributed by atoms with Gasteiger partial charge < -0.3 is 10.3 Å². The van der Waals surface area contributed by atoms with E-state index in [2.05, 4.69) is 32.4 Å². The van der Waals surface area contributed by atoms with Gasteiger partial charge in [-0.25, -0.2) is 4.98 Å². The summed E-state index contributed by atoms with van der Waals surface area (Å²) in [7, 11) is 1.93. The Morgan fingerprint density at radius 1 is 1.57 bits per heavy atom. The number of aromatic nitrogens is 2. The molecule has 3 nitrogen and oxygen atoms in total. The van der Waals surface area contributed by atoms with Gasteiger partial charge in [-0.05, 0) is 28.9 Å². The highest BCUT2D eigenvalue weighted by molar-refractivity contribution is 9.10. The number of hydrogen-bond donors (Lipinski definition) is 1. The Labute approximate surface area is 94.7 Å². The van der Waals surface area contributed by atoms with E-state index in [1.54, 1.807) is 11.3 Å². The van der Waals surface area contributed by atoms with Gasteiger partial charge in [0.2, 0.25) is 5.95 Å². The average Bonchev–Trinajstić information content (AvgIpc) is 2.60. The highest BCUT2D eigenvalue weighted by atomic mass is 79.9. The van der Waals surface area contributed by atoms with Crippen molar-refractivity contribution in [1.29, 1.82) is 0 Å². The molecule has 0 bridgehead atoms. The summed E-state index contributed by atoms with van der Waals surface area (Å²) < 4.78 is 3.00. The summed E-state index contributed by atoms with van der Waals surface area (Å²) in [5.41, 5.74) is 7.80. The standard InChI is InChI=1S/C9H10BrN3S/c1-5-8(13(2)9(11)12-5)7-3-6(10)4-14-7/h3-4H,1-2H3,(H2,11,12). The Balaban J connectivity index is 2.61. The van der Waals surface area contributed by atoms with Crippen LogP contribution in [-0.2, 0) is 7.05 Å². The van der Waals surface area contributed by atoms with Crippen molar-refractivity contribution in [2.24, 2.45) is 7.05 Å². The second-order valence-corrected chi connectivity index (χ2v) is 4.92. The normalized spacial score (nSPS) is 10.8. The van der Waals surface area contributed by atoms with Gasteiger partial charge in [-0.3, -0.25) is 0 Å². The summed E-state index contributed by atoms with van der Waals surface area (Å²) in [6.45, 7) is 1.97. The molecule has 0 radical (unpaired) electrons. The molecule has 0 saturated carbocycles. The van der Waals surface area contributed by atoms with Crippen molar-refractivity contribution >= 4 is 33.2 Å². The highest BCUT2D eigenvalue weighted by Crippen LogP contribution is 2.32. The second-order valence-electron chi connectivity index (χ2n) is 3.09. The zero-order valence-electron chi connectivity index (χ0n) is 7.91. The lowest BCUT2D eigenvalue weighted by atomic mass is 10.3. The summed E-state index contributed by atoms with van der Waals surface area (Å²) >= 11 is 5.12. The topological polar surface area (TPSA) is 43.8 Å². The molecule has 2 aromatic heterocycles. The number of aryl methyl sites for hydroxylation is 1. The number of imidazole rings is 1. The van der Waals surface area contributed by atoms with Crippen LogP contribution in [0.5, 0.6) is 0 Å². The van der Waals surface area contributed by atoms with Crippen LogP contribution in [0.1, 0.15) is 5.69 Å². The molecule has 5 heteroatoms. The first-order valence-electron chi connectivity index (χ1n) is 4.13. The van der Waals surface area contributed by atoms with Crippen LogP contribution in [0.2, 0.25) is 0 Å². The van der Waals surface area contributed by atoms with Gasteiger partial charge in [0.1, 0.15) is 0 Å². The van der Waals surface area contributed by atoms with Gasteiger partial charge in [-0.2, -0.15) is 0 Å². The summed E-state index contributed by atoms with van der Waals surface area (Å²) in [4.78, 5) is 5.41. The van der Waals surface area contributed by atoms with Gasteiger partial charge in [0, 0.05) is 16.9 Å². The molecule has 0 unspecified atom stereocenters. The summed E-state index contributed by atoms with van der Waals surface area (Å²) in [5.74, 6) is 0.557. The van der Waals surface area contributed by atoms with Crippen LogP contribution in [0.3, 0.4) is 0 Å². The molecule has 2 rings (SSSR count). The van der Waals surface area contributed by atoms with Crippen LogP contribution in [-0.4, -0.2) is 9.55 Å². The summed E-state index contributed by atoms with van der Waals surface area (Å²) in [6.07, 6.45) is 0. The van der Waals surface area contributed by atoms with E-state index in [4.69, 9.17) is 5.73 Å². The van der Waals surface area contributed by atoms with Gasteiger partial charge in [-0.1, -0.05) is 0 Å². The molecule has 0 aliphatic carbocycles. The summed E-state index contributed by atoms with van der Waals surface area (Å²) in [6, 6.07) is 2.08. The Morgan fingerprint density at radius 3 is 2.71 bits per heavy atom. The maximum absolute atomic E-state index is 5.73. The minimum Gasteiger partial charge on any atom is -0.369 e. The van der Waals surface area contributed by atoms with Crippen LogP contribution in [0.15, 0.2) is 15.9 Å². The van der Waals surface area contributed by atoms with E-state index in [9.17, 15) is 0 Å². The van der Waals surface area contributed by atoms with Gasteiger partial charge in [0.25, 0.3) is 0 Å². The van der Waals surface area contributed by atoms with E-state index in [1.165, 1.54) is 4.88 Å². The molecular weight excluding hydrogens is 262 g/mol. The lowest BCUT2D eigenvalue weighted by Gasteiger charge is -2.00. The van der Waals surface area contributed by atoms with Crippen molar-refractivity contribution < 1.29 is 0 Å². The Kier molecular flexibility index (Phi) is 2.36. The van der Waals surface area contributed by atoms with E-state index in [1.807, 2.05) is 18.5 Å². The SMILES string of the molecule is Cc1nc(N)n(C)c1-c1cc(Br)cs1. The minimum absolute atomic E-state index is 0.557. The third-order valence-corrected chi connectivity index (χ3v) is 3.80. The first kappa shape index (κ1) is 9.73. The van der Waals surface area contributed by atoms with Crippen molar-refractivity contribution in [1.82, 2.24) is 9.55 Å². The van der Waals surface area contributed by atoms with Gasteiger partial charge >= 0.3 is 0 Å². The molecule has 0 atom stereocenters. The van der Waals surface area contributed by atoms with E-state index < -0.39 is 0 Å². The second kappa shape index (κ2) is 3.40. The molecule has 0 aliphatic heterocycles. The molecule has 14 heavy (non-hydrogen) atoms. The van der Waals surface area contributed by atoms with Crippen molar-refractivity contribution in [2.45, 2.75) is 6.92 Å². The van der Waals surface area contributed by atoms with Crippen LogP contribution in [0.4, 0.5) is 5.95 Å². The maximum Gasteiger partial charge on any atom is 0.200 e. The predicted octanol–water partition coefficient (Wildman–Crippen LogP) is 2.80. The van der Waals surface area contributed by atoms with E-state index in [-0.39, 0.29) is 0 Å². The van der Waals surface area contributed by atoms with Crippen molar-refractivity contribution in [3.8, 4) is 10.6 Å². The highest BCUT2D eigenvalue weighted by Gasteiger charge is 2.12. The van der Waals surface area contributed by atoms with Gasteiger partial charge in [-0.15, -0.1) is 11.3 Å². The van der Waals surface area contributed by atoms with Crippen LogP contribution in [0.25, 0.3) is 10.6 Å². The van der Waals surface area contributed by atoms with Crippen molar-refractivity contribution in [2.75, 3.05) is 5.73 Å². The van der Waals surface area contributed by atoms with Crippen molar-refractivity contribution in [3.05, 3.63) is 21.6 Å².